The van der Waals surface area contributed by atoms with Gasteiger partial charge in [-0.1, -0.05) is 26.0 Å². The number of carbonyl (C=O) groups is 1. The van der Waals surface area contributed by atoms with Crippen molar-refractivity contribution in [2.24, 2.45) is 11.1 Å². The van der Waals surface area contributed by atoms with Crippen LogP contribution in [0, 0.1) is 5.92 Å². The van der Waals surface area contributed by atoms with Gasteiger partial charge in [-0.2, -0.15) is 0 Å². The van der Waals surface area contributed by atoms with Gasteiger partial charge in [0.1, 0.15) is 5.25 Å². The molecule has 0 saturated heterocycles. The van der Waals surface area contributed by atoms with Gasteiger partial charge in [0.25, 0.3) is 0 Å². The second-order valence-electron chi connectivity index (χ2n) is 4.11. The van der Waals surface area contributed by atoms with Crippen molar-refractivity contribution in [3.63, 3.8) is 0 Å². The molecular formula is C11H15NO4S2. The normalized spacial score (nSPS) is 13.6. The number of carboxylic acids is 1. The molecule has 100 valence electrons. The van der Waals surface area contributed by atoms with Crippen LogP contribution in [0.1, 0.15) is 13.8 Å². The Labute approximate surface area is 110 Å². The Morgan fingerprint density at radius 2 is 1.89 bits per heavy atom. The van der Waals surface area contributed by atoms with E-state index in [-0.39, 0.29) is 10.8 Å². The van der Waals surface area contributed by atoms with Crippen molar-refractivity contribution < 1.29 is 18.3 Å². The number of carboxylic acid groups (broad SMARTS) is 1. The number of primary sulfonamides is 1. The van der Waals surface area contributed by atoms with Gasteiger partial charge in [0.2, 0.25) is 10.0 Å². The van der Waals surface area contributed by atoms with Crippen LogP contribution in [0.25, 0.3) is 0 Å². The number of rotatable bonds is 5. The molecule has 7 heteroatoms. The van der Waals surface area contributed by atoms with Crippen molar-refractivity contribution >= 4 is 27.8 Å². The predicted octanol–water partition coefficient (Wildman–Crippen LogP) is 1.54. The molecule has 1 aromatic rings. The van der Waals surface area contributed by atoms with Gasteiger partial charge in [0.15, 0.2) is 0 Å². The molecule has 0 aromatic heterocycles. The molecule has 1 atom stereocenters. The molecule has 0 amide bonds. The molecule has 1 rings (SSSR count). The number of nitrogens with two attached hydrogens (primary N) is 1. The second-order valence-corrected chi connectivity index (χ2v) is 6.83. The zero-order valence-electron chi connectivity index (χ0n) is 10.0. The van der Waals surface area contributed by atoms with Crippen LogP contribution in [0.4, 0.5) is 0 Å². The summed E-state index contributed by atoms with van der Waals surface area (Å²) in [5, 5.41) is 13.5. The minimum absolute atomic E-state index is 0.0399. The van der Waals surface area contributed by atoms with Crippen LogP contribution in [0.3, 0.4) is 0 Å². The number of benzene rings is 1. The van der Waals surface area contributed by atoms with Gasteiger partial charge in [-0.15, -0.1) is 11.8 Å². The molecule has 18 heavy (non-hydrogen) atoms. The van der Waals surface area contributed by atoms with Crippen molar-refractivity contribution in [1.82, 2.24) is 0 Å². The van der Waals surface area contributed by atoms with Crippen molar-refractivity contribution in [2.45, 2.75) is 28.9 Å². The Balaban J connectivity index is 3.15. The predicted molar refractivity (Wildman–Crippen MR) is 69.9 cm³/mol. The van der Waals surface area contributed by atoms with Gasteiger partial charge < -0.3 is 5.11 Å². The van der Waals surface area contributed by atoms with Gasteiger partial charge in [-0.3, -0.25) is 4.79 Å². The summed E-state index contributed by atoms with van der Waals surface area (Å²) in [5.41, 5.74) is 0. The molecule has 0 saturated carbocycles. The maximum absolute atomic E-state index is 11.4. The molecule has 0 heterocycles. The molecule has 0 aliphatic heterocycles. The van der Waals surface area contributed by atoms with Gasteiger partial charge in [0, 0.05) is 4.90 Å². The third kappa shape index (κ3) is 3.72. The zero-order chi connectivity index (χ0) is 13.9. The van der Waals surface area contributed by atoms with E-state index in [0.717, 1.165) is 11.8 Å². The summed E-state index contributed by atoms with van der Waals surface area (Å²) in [6, 6.07) is 6.13. The monoisotopic (exact) mass is 289 g/mol. The summed E-state index contributed by atoms with van der Waals surface area (Å²) in [6.45, 7) is 3.54. The fourth-order valence-corrected chi connectivity index (χ4v) is 3.49. The van der Waals surface area contributed by atoms with Gasteiger partial charge in [-0.25, -0.2) is 13.6 Å². The van der Waals surface area contributed by atoms with E-state index in [1.807, 2.05) is 0 Å². The highest BCUT2D eigenvalue weighted by Gasteiger charge is 2.25. The van der Waals surface area contributed by atoms with E-state index in [1.54, 1.807) is 32.0 Å². The first-order valence-electron chi connectivity index (χ1n) is 5.24. The van der Waals surface area contributed by atoms with Crippen LogP contribution in [-0.2, 0) is 14.8 Å². The average molecular weight is 289 g/mol. The number of hydrogen-bond acceptors (Lipinski definition) is 4. The van der Waals surface area contributed by atoms with E-state index in [0.29, 0.717) is 4.90 Å². The summed E-state index contributed by atoms with van der Waals surface area (Å²) < 4.78 is 22.8. The van der Waals surface area contributed by atoms with Crippen LogP contribution >= 0.6 is 11.8 Å². The lowest BCUT2D eigenvalue weighted by Gasteiger charge is -2.17. The van der Waals surface area contributed by atoms with Crippen LogP contribution < -0.4 is 5.14 Å². The summed E-state index contributed by atoms with van der Waals surface area (Å²) in [7, 11) is -3.84. The molecule has 0 fully saturated rings. The molecule has 0 spiro atoms. The lowest BCUT2D eigenvalue weighted by molar-refractivity contribution is -0.137. The number of sulfonamides is 1. The fraction of sp³-hybridized carbons (Fsp3) is 0.364. The van der Waals surface area contributed by atoms with Crippen LogP contribution in [0.2, 0.25) is 0 Å². The highest BCUT2D eigenvalue weighted by Crippen LogP contribution is 2.32. The molecule has 0 radical (unpaired) electrons. The first-order chi connectivity index (χ1) is 8.23. The SMILES string of the molecule is CC(C)C(Sc1ccccc1S(N)(=O)=O)C(=O)O. The Bertz CT molecular complexity index is 540. The van der Waals surface area contributed by atoms with Crippen molar-refractivity contribution in [2.75, 3.05) is 0 Å². The van der Waals surface area contributed by atoms with Crippen molar-refractivity contribution in [3.05, 3.63) is 24.3 Å². The summed E-state index contributed by atoms with van der Waals surface area (Å²) in [6.07, 6.45) is 0. The van der Waals surface area contributed by atoms with E-state index in [9.17, 15) is 13.2 Å². The molecule has 1 aromatic carbocycles. The minimum Gasteiger partial charge on any atom is -0.480 e. The molecule has 3 N–H and O–H groups in total. The van der Waals surface area contributed by atoms with Crippen LogP contribution in [0.5, 0.6) is 0 Å². The van der Waals surface area contributed by atoms with E-state index in [1.165, 1.54) is 6.07 Å². The van der Waals surface area contributed by atoms with Gasteiger partial charge in [0.05, 0.1) is 4.90 Å². The first kappa shape index (κ1) is 15.0. The molecule has 1 unspecified atom stereocenters. The van der Waals surface area contributed by atoms with E-state index in [4.69, 9.17) is 10.2 Å². The Kier molecular flexibility index (Phi) is 4.78. The molecule has 0 bridgehead atoms. The van der Waals surface area contributed by atoms with Gasteiger partial charge in [-0.05, 0) is 18.1 Å². The molecular weight excluding hydrogens is 274 g/mol. The molecule has 0 aliphatic carbocycles. The quantitative estimate of drug-likeness (QED) is 0.801. The number of thioether (sulfide) groups is 1. The molecule has 0 aliphatic rings. The smallest absolute Gasteiger partial charge is 0.317 e. The maximum atomic E-state index is 11.4. The third-order valence-electron chi connectivity index (χ3n) is 2.26. The lowest BCUT2D eigenvalue weighted by Crippen LogP contribution is -2.23. The largest absolute Gasteiger partial charge is 0.480 e. The third-order valence-corrected chi connectivity index (χ3v) is 4.97. The highest BCUT2D eigenvalue weighted by atomic mass is 32.2. The zero-order valence-corrected chi connectivity index (χ0v) is 11.7. The van der Waals surface area contributed by atoms with Crippen LogP contribution in [-0.4, -0.2) is 24.7 Å². The Hall–Kier alpha value is -1.05. The van der Waals surface area contributed by atoms with Crippen molar-refractivity contribution in [1.29, 1.82) is 0 Å². The Morgan fingerprint density at radius 1 is 1.33 bits per heavy atom. The summed E-state index contributed by atoms with van der Waals surface area (Å²) >= 11 is 1.000. The highest BCUT2D eigenvalue weighted by molar-refractivity contribution is 8.01. The molecule has 5 nitrogen and oxygen atoms in total. The summed E-state index contributed by atoms with van der Waals surface area (Å²) in [4.78, 5) is 11.4. The fourth-order valence-electron chi connectivity index (χ4n) is 1.39. The van der Waals surface area contributed by atoms with Crippen molar-refractivity contribution in [3.8, 4) is 0 Å². The topological polar surface area (TPSA) is 97.5 Å². The summed E-state index contributed by atoms with van der Waals surface area (Å²) in [5.74, 6) is -1.10. The minimum atomic E-state index is -3.84. The lowest BCUT2D eigenvalue weighted by atomic mass is 10.1. The maximum Gasteiger partial charge on any atom is 0.317 e. The second kappa shape index (κ2) is 5.73. The average Bonchev–Trinajstić information content (AvgIpc) is 2.24. The van der Waals surface area contributed by atoms with Gasteiger partial charge >= 0.3 is 5.97 Å². The first-order valence-corrected chi connectivity index (χ1v) is 7.67. The number of hydrogen-bond donors (Lipinski definition) is 2. The van der Waals surface area contributed by atoms with E-state index < -0.39 is 21.2 Å². The van der Waals surface area contributed by atoms with E-state index in [2.05, 4.69) is 0 Å². The Morgan fingerprint density at radius 3 is 2.33 bits per heavy atom. The van der Waals surface area contributed by atoms with Crippen LogP contribution in [0.15, 0.2) is 34.1 Å². The standard InChI is InChI=1S/C11H15NO4S2/c1-7(2)10(11(13)14)17-8-5-3-4-6-9(8)18(12,15)16/h3-7,10H,1-2H3,(H,13,14)(H2,12,15,16). The number of aliphatic carboxylic acids is 1. The van der Waals surface area contributed by atoms with E-state index >= 15 is 0 Å².